The molecule has 0 fully saturated rings. The molecule has 8 heteroatoms. The molecule has 0 unspecified atom stereocenters. The highest BCUT2D eigenvalue weighted by Gasteiger charge is 2.07. The van der Waals surface area contributed by atoms with Gasteiger partial charge in [-0.25, -0.2) is 9.97 Å². The number of hydrogen-bond acceptors (Lipinski definition) is 6. The fourth-order valence-corrected chi connectivity index (χ4v) is 1.54. The summed E-state index contributed by atoms with van der Waals surface area (Å²) in [5.41, 5.74) is 11.6. The topological polar surface area (TPSA) is 125 Å². The maximum atomic E-state index is 11.0. The van der Waals surface area contributed by atoms with Crippen molar-refractivity contribution in [2.45, 2.75) is 6.42 Å². The summed E-state index contributed by atoms with van der Waals surface area (Å²) < 4.78 is 1.63. The Hall–Kier alpha value is -2.64. The van der Waals surface area contributed by atoms with Crippen molar-refractivity contribution in [1.29, 1.82) is 0 Å². The highest BCUT2D eigenvalue weighted by Crippen LogP contribution is 2.15. The first-order chi connectivity index (χ1) is 9.06. The van der Waals surface area contributed by atoms with E-state index in [2.05, 4.69) is 20.4 Å². The van der Waals surface area contributed by atoms with Gasteiger partial charge in [0.1, 0.15) is 17.8 Å². The molecule has 0 radical (unpaired) electrons. The van der Waals surface area contributed by atoms with E-state index in [1.165, 1.54) is 6.07 Å². The van der Waals surface area contributed by atoms with E-state index in [-0.39, 0.29) is 5.69 Å². The fourth-order valence-electron chi connectivity index (χ4n) is 1.54. The van der Waals surface area contributed by atoms with E-state index >= 15 is 0 Å². The van der Waals surface area contributed by atoms with Crippen LogP contribution in [-0.4, -0.2) is 32.2 Å². The van der Waals surface area contributed by atoms with Crippen molar-refractivity contribution in [2.75, 3.05) is 17.6 Å². The van der Waals surface area contributed by atoms with Crippen molar-refractivity contribution in [2.24, 2.45) is 12.8 Å². The molecule has 0 spiro atoms. The minimum Gasteiger partial charge on any atom is -0.396 e. The summed E-state index contributed by atoms with van der Waals surface area (Å²) in [6.07, 6.45) is 2.26. The zero-order valence-electron chi connectivity index (χ0n) is 10.5. The number of anilines is 2. The average molecular weight is 261 g/mol. The number of nitrogen functional groups attached to an aromatic ring is 1. The number of aromatic nitrogens is 4. The standard InChI is InChI=1S/C11H15N7O/c1-18-6-15-9(17-18)4-5-14-11-7(12)2-3-8(16-11)10(13)19/h2-3,6H,4-5,12H2,1H3,(H2,13,19)(H,14,16). The number of rotatable bonds is 5. The summed E-state index contributed by atoms with van der Waals surface area (Å²) in [6.45, 7) is 0.559. The van der Waals surface area contributed by atoms with E-state index in [9.17, 15) is 4.79 Å². The molecule has 0 saturated heterocycles. The Morgan fingerprint density at radius 3 is 2.89 bits per heavy atom. The first kappa shape index (κ1) is 12.8. The maximum absolute atomic E-state index is 11.0. The Bertz CT molecular complexity index is 592. The van der Waals surface area contributed by atoms with Crippen LogP contribution in [0.25, 0.3) is 0 Å². The first-order valence-corrected chi connectivity index (χ1v) is 5.71. The SMILES string of the molecule is Cn1cnc(CCNc2nc(C(N)=O)ccc2N)n1. The van der Waals surface area contributed by atoms with E-state index in [1.807, 2.05) is 0 Å². The summed E-state index contributed by atoms with van der Waals surface area (Å²) >= 11 is 0. The van der Waals surface area contributed by atoms with Crippen LogP contribution in [0.15, 0.2) is 18.5 Å². The lowest BCUT2D eigenvalue weighted by atomic mass is 10.3. The number of carbonyl (C=O) groups excluding carboxylic acids is 1. The molecule has 0 aromatic carbocycles. The highest BCUT2D eigenvalue weighted by atomic mass is 16.1. The summed E-state index contributed by atoms with van der Waals surface area (Å²) in [4.78, 5) is 19.2. The molecule has 1 amide bonds. The van der Waals surface area contributed by atoms with E-state index in [0.717, 1.165) is 5.82 Å². The van der Waals surface area contributed by atoms with Gasteiger partial charge in [0.05, 0.1) is 5.69 Å². The molecule has 0 saturated carbocycles. The van der Waals surface area contributed by atoms with Crippen LogP contribution in [-0.2, 0) is 13.5 Å². The van der Waals surface area contributed by atoms with Crippen molar-refractivity contribution >= 4 is 17.4 Å². The number of amides is 1. The fraction of sp³-hybridized carbons (Fsp3) is 0.273. The highest BCUT2D eigenvalue weighted by molar-refractivity contribution is 5.91. The molecule has 8 nitrogen and oxygen atoms in total. The molecule has 5 N–H and O–H groups in total. The van der Waals surface area contributed by atoms with E-state index in [4.69, 9.17) is 11.5 Å². The number of nitrogens with zero attached hydrogens (tertiary/aromatic N) is 4. The lowest BCUT2D eigenvalue weighted by Crippen LogP contribution is -2.16. The Morgan fingerprint density at radius 2 is 2.26 bits per heavy atom. The Balaban J connectivity index is 1.99. The van der Waals surface area contributed by atoms with E-state index < -0.39 is 5.91 Å². The number of nitrogens with two attached hydrogens (primary N) is 2. The molecule has 0 aliphatic heterocycles. The van der Waals surface area contributed by atoms with Crippen molar-refractivity contribution in [3.05, 3.63) is 30.0 Å². The van der Waals surface area contributed by atoms with Crippen molar-refractivity contribution in [3.63, 3.8) is 0 Å². The Labute approximate surface area is 109 Å². The number of carbonyl (C=O) groups is 1. The van der Waals surface area contributed by atoms with Gasteiger partial charge in [0.15, 0.2) is 5.82 Å². The van der Waals surface area contributed by atoms with E-state index in [0.29, 0.717) is 24.5 Å². The molecule has 0 aliphatic rings. The van der Waals surface area contributed by atoms with Crippen LogP contribution in [0.4, 0.5) is 11.5 Å². The number of pyridine rings is 1. The van der Waals surface area contributed by atoms with Crippen LogP contribution in [0.3, 0.4) is 0 Å². The molecule has 19 heavy (non-hydrogen) atoms. The molecule has 2 heterocycles. The second kappa shape index (κ2) is 5.34. The zero-order chi connectivity index (χ0) is 13.8. The lowest BCUT2D eigenvalue weighted by molar-refractivity contribution is 0.0996. The normalized spacial score (nSPS) is 10.4. The molecule has 2 aromatic rings. The first-order valence-electron chi connectivity index (χ1n) is 5.71. The third kappa shape index (κ3) is 3.18. The van der Waals surface area contributed by atoms with Crippen LogP contribution in [0.5, 0.6) is 0 Å². The Kier molecular flexibility index (Phi) is 3.60. The van der Waals surface area contributed by atoms with Gasteiger partial charge in [-0.1, -0.05) is 0 Å². The third-order valence-corrected chi connectivity index (χ3v) is 2.47. The maximum Gasteiger partial charge on any atom is 0.267 e. The molecule has 100 valence electrons. The number of hydrogen-bond donors (Lipinski definition) is 3. The largest absolute Gasteiger partial charge is 0.396 e. The van der Waals surface area contributed by atoms with Crippen LogP contribution < -0.4 is 16.8 Å². The van der Waals surface area contributed by atoms with Gasteiger partial charge in [0, 0.05) is 20.0 Å². The van der Waals surface area contributed by atoms with E-state index in [1.54, 1.807) is 24.1 Å². The summed E-state index contributed by atoms with van der Waals surface area (Å²) in [5.74, 6) is 0.571. The van der Waals surface area contributed by atoms with Gasteiger partial charge in [-0.3, -0.25) is 9.48 Å². The minimum absolute atomic E-state index is 0.174. The Morgan fingerprint density at radius 1 is 1.47 bits per heavy atom. The third-order valence-electron chi connectivity index (χ3n) is 2.47. The second-order valence-electron chi connectivity index (χ2n) is 4.01. The molecule has 0 bridgehead atoms. The van der Waals surface area contributed by atoms with Crippen molar-refractivity contribution < 1.29 is 4.79 Å². The predicted octanol–water partition coefficient (Wildman–Crippen LogP) is -0.454. The quantitative estimate of drug-likeness (QED) is 0.669. The number of primary amides is 1. The molecule has 2 rings (SSSR count). The van der Waals surface area contributed by atoms with Gasteiger partial charge in [-0.2, -0.15) is 5.10 Å². The number of nitrogens with one attached hydrogen (secondary N) is 1. The summed E-state index contributed by atoms with van der Waals surface area (Å²) in [7, 11) is 1.81. The van der Waals surface area contributed by atoms with Crippen molar-refractivity contribution in [1.82, 2.24) is 19.7 Å². The van der Waals surface area contributed by atoms with Crippen LogP contribution in [0, 0.1) is 0 Å². The van der Waals surface area contributed by atoms with Gasteiger partial charge >= 0.3 is 0 Å². The molecule has 0 atom stereocenters. The van der Waals surface area contributed by atoms with Crippen molar-refractivity contribution in [3.8, 4) is 0 Å². The minimum atomic E-state index is -0.588. The van der Waals surface area contributed by atoms with Crippen LogP contribution in [0.2, 0.25) is 0 Å². The van der Waals surface area contributed by atoms with Gasteiger partial charge in [-0.05, 0) is 12.1 Å². The van der Waals surface area contributed by atoms with Crippen LogP contribution in [0.1, 0.15) is 16.3 Å². The van der Waals surface area contributed by atoms with Gasteiger partial charge in [-0.15, -0.1) is 0 Å². The second-order valence-corrected chi connectivity index (χ2v) is 4.01. The van der Waals surface area contributed by atoms with Gasteiger partial charge in [0.2, 0.25) is 0 Å². The smallest absolute Gasteiger partial charge is 0.267 e. The molecule has 2 aromatic heterocycles. The summed E-state index contributed by atoms with van der Waals surface area (Å²) in [6, 6.07) is 3.08. The lowest BCUT2D eigenvalue weighted by Gasteiger charge is -2.08. The molecular formula is C11H15N7O. The average Bonchev–Trinajstić information content (AvgIpc) is 2.77. The van der Waals surface area contributed by atoms with Crippen LogP contribution >= 0.6 is 0 Å². The molecular weight excluding hydrogens is 246 g/mol. The number of aryl methyl sites for hydroxylation is 1. The van der Waals surface area contributed by atoms with Gasteiger partial charge < -0.3 is 16.8 Å². The zero-order valence-corrected chi connectivity index (χ0v) is 10.5. The molecule has 0 aliphatic carbocycles. The summed E-state index contributed by atoms with van der Waals surface area (Å²) in [5, 5.41) is 7.18. The van der Waals surface area contributed by atoms with Gasteiger partial charge in [0.25, 0.3) is 5.91 Å². The monoisotopic (exact) mass is 261 g/mol. The predicted molar refractivity (Wildman–Crippen MR) is 70.4 cm³/mol.